The van der Waals surface area contributed by atoms with Gasteiger partial charge < -0.3 is 15.1 Å². The Labute approximate surface area is 345 Å². The van der Waals surface area contributed by atoms with Crippen molar-refractivity contribution in [1.82, 2.24) is 34.0 Å². The fourth-order valence-corrected chi connectivity index (χ4v) is 11.0. The maximum atomic E-state index is 13.9. The van der Waals surface area contributed by atoms with Crippen molar-refractivity contribution in [2.45, 2.75) is 93.9 Å². The molecule has 316 valence electrons. The summed E-state index contributed by atoms with van der Waals surface area (Å²) in [5, 5.41) is 6.03. The van der Waals surface area contributed by atoms with Crippen LogP contribution in [0.3, 0.4) is 0 Å². The minimum absolute atomic E-state index is 0.127. The summed E-state index contributed by atoms with van der Waals surface area (Å²) in [5.41, 5.74) is 2.41. The predicted octanol–water partition coefficient (Wildman–Crippen LogP) is 4.19. The highest BCUT2D eigenvalue weighted by atomic mass is 32.2. The number of piperidine rings is 2. The van der Waals surface area contributed by atoms with Gasteiger partial charge in [0.2, 0.25) is 27.8 Å². The Morgan fingerprint density at radius 1 is 0.883 bits per heavy atom. The summed E-state index contributed by atoms with van der Waals surface area (Å²) in [5.74, 6) is -0.665. The van der Waals surface area contributed by atoms with E-state index in [-0.39, 0.29) is 54.3 Å². The number of pyridine rings is 1. The summed E-state index contributed by atoms with van der Waals surface area (Å²) in [6, 6.07) is 13.1. The number of fused-ring (bicyclic) bond motifs is 2. The number of piperazine rings is 1. The van der Waals surface area contributed by atoms with Crippen molar-refractivity contribution in [3.63, 3.8) is 0 Å². The summed E-state index contributed by atoms with van der Waals surface area (Å²) in [4.78, 5) is 65.8. The summed E-state index contributed by atoms with van der Waals surface area (Å²) < 4.78 is 58.2. The zero-order valence-electron chi connectivity index (χ0n) is 33.1. The Morgan fingerprint density at radius 3 is 2.38 bits per heavy atom. The molecule has 1 aliphatic carbocycles. The minimum Gasteiger partial charge on any atom is -0.369 e. The zero-order chi connectivity index (χ0) is 41.7. The number of hydrogen-bond acceptors (Lipinski definition) is 11. The number of benzene rings is 2. The molecule has 0 spiro atoms. The largest absolute Gasteiger partial charge is 0.369 e. The van der Waals surface area contributed by atoms with Gasteiger partial charge in [0, 0.05) is 93.7 Å². The van der Waals surface area contributed by atoms with Crippen molar-refractivity contribution in [2.24, 2.45) is 0 Å². The Kier molecular flexibility index (Phi) is 10.9. The smallest absolute Gasteiger partial charge is 0.269 e. The first kappa shape index (κ1) is 40.1. The van der Waals surface area contributed by atoms with Gasteiger partial charge in [0.05, 0.1) is 10.5 Å². The van der Waals surface area contributed by atoms with Gasteiger partial charge in [-0.3, -0.25) is 34.0 Å². The normalized spacial score (nSPS) is 21.3. The summed E-state index contributed by atoms with van der Waals surface area (Å²) in [6.07, 6.45) is 3.38. The van der Waals surface area contributed by atoms with E-state index in [1.165, 1.54) is 21.1 Å². The van der Waals surface area contributed by atoms with Gasteiger partial charge >= 0.3 is 0 Å². The van der Waals surface area contributed by atoms with E-state index in [0.29, 0.717) is 48.9 Å². The van der Waals surface area contributed by atoms with E-state index in [0.717, 1.165) is 68.7 Å². The van der Waals surface area contributed by atoms with Gasteiger partial charge in [-0.25, -0.2) is 22.2 Å². The molecular weight excluding hydrogens is 797 g/mol. The molecule has 6 heterocycles. The third-order valence-electron chi connectivity index (χ3n) is 12.7. The number of sulfonamides is 1. The molecule has 0 bridgehead atoms. The van der Waals surface area contributed by atoms with Crippen LogP contribution < -0.4 is 21.1 Å². The quantitative estimate of drug-likeness (QED) is 0.220. The van der Waals surface area contributed by atoms with E-state index < -0.39 is 39.5 Å². The van der Waals surface area contributed by atoms with E-state index in [1.54, 1.807) is 23.1 Å². The Morgan fingerprint density at radius 2 is 1.65 bits per heavy atom. The molecule has 1 saturated carbocycles. The molecule has 15 nitrogen and oxygen atoms in total. The number of anilines is 2. The number of nitrogens with zero attached hydrogens (tertiary/aromatic N) is 7. The van der Waals surface area contributed by atoms with Crippen LogP contribution in [0.1, 0.15) is 90.9 Å². The van der Waals surface area contributed by atoms with Crippen LogP contribution in [0.5, 0.6) is 0 Å². The van der Waals surface area contributed by atoms with Crippen molar-refractivity contribution in [2.75, 3.05) is 49.5 Å². The zero-order valence-corrected chi connectivity index (χ0v) is 33.9. The second kappa shape index (κ2) is 16.3. The molecule has 2 N–H and O–H groups in total. The first-order chi connectivity index (χ1) is 28.9. The van der Waals surface area contributed by atoms with E-state index in [1.807, 2.05) is 24.3 Å². The second-order valence-electron chi connectivity index (χ2n) is 16.5. The summed E-state index contributed by atoms with van der Waals surface area (Å²) in [6.45, 7) is 4.49. The van der Waals surface area contributed by atoms with Gasteiger partial charge in [-0.1, -0.05) is 25.0 Å². The summed E-state index contributed by atoms with van der Waals surface area (Å²) in [7, 11) is -3.77. The molecule has 2 aromatic carbocycles. The van der Waals surface area contributed by atoms with Gasteiger partial charge in [0.1, 0.15) is 11.7 Å². The molecule has 1 unspecified atom stereocenters. The average molecular weight is 844 g/mol. The first-order valence-corrected chi connectivity index (χ1v) is 22.2. The number of amides is 3. The van der Waals surface area contributed by atoms with Crippen LogP contribution in [0, 0.1) is 0 Å². The van der Waals surface area contributed by atoms with E-state index in [4.69, 9.17) is 0 Å². The molecule has 4 aliphatic heterocycles. The fraction of sp³-hybridized carbons (Fsp3) is 0.476. The van der Waals surface area contributed by atoms with Crippen LogP contribution in [0.4, 0.5) is 20.4 Å². The topological polar surface area (TPSA) is 170 Å². The first-order valence-electron chi connectivity index (χ1n) is 20.7. The standard InChI is InChI=1S/C42H47F2N9O6S/c43-37(44)34-22-27-23-45-42(48-38(27)53(41(34)57)30-5-1-2-6-30)46-29-12-14-51(15-13-29)60(58,59)32-7-3-4-26(20-32)24-49-16-18-50(19-17-49)31-8-9-33-28(21-31)25-52(40(33)56)35-10-11-36(54)47-39(35)55/h3-4,7-9,20-23,29-30,35,37H,1-2,5-6,10-19,24-25H2,(H,45,46,48)(H,47,54,55). The van der Waals surface area contributed by atoms with Gasteiger partial charge in [-0.05, 0) is 79.6 Å². The monoisotopic (exact) mass is 843 g/mol. The van der Waals surface area contributed by atoms with Crippen LogP contribution >= 0.6 is 0 Å². The van der Waals surface area contributed by atoms with E-state index in [2.05, 4.69) is 30.4 Å². The Balaban J connectivity index is 0.792. The lowest BCUT2D eigenvalue weighted by molar-refractivity contribution is -0.136. The molecule has 60 heavy (non-hydrogen) atoms. The third-order valence-corrected chi connectivity index (χ3v) is 14.6. The molecule has 3 amide bonds. The van der Waals surface area contributed by atoms with Crippen molar-refractivity contribution >= 4 is 50.4 Å². The molecule has 5 aliphatic rings. The van der Waals surface area contributed by atoms with Crippen LogP contribution in [0.25, 0.3) is 11.0 Å². The number of hydrogen-bond donors (Lipinski definition) is 2. The Bertz CT molecular complexity index is 2510. The molecule has 2 aromatic heterocycles. The molecule has 18 heteroatoms. The van der Waals surface area contributed by atoms with Crippen molar-refractivity contribution in [3.05, 3.63) is 87.3 Å². The number of carbonyl (C=O) groups excluding carboxylic acids is 3. The SMILES string of the molecule is O=C1CCC(N2Cc3cc(N4CCN(Cc5cccc(S(=O)(=O)N6CCC(Nc7ncc8cc(C(F)F)c(=O)n(C9CCCC9)c8n7)CC6)c5)CC4)ccc3C2=O)C(=O)N1. The van der Waals surface area contributed by atoms with E-state index >= 15 is 0 Å². The second-order valence-corrected chi connectivity index (χ2v) is 18.4. The van der Waals surface area contributed by atoms with Crippen LogP contribution in [-0.2, 0) is 32.7 Å². The summed E-state index contributed by atoms with van der Waals surface area (Å²) >= 11 is 0. The third kappa shape index (κ3) is 7.75. The predicted molar refractivity (Wildman–Crippen MR) is 218 cm³/mol. The molecule has 1 atom stereocenters. The molecular formula is C42H47F2N9O6S. The number of halogens is 2. The lowest BCUT2D eigenvalue weighted by Crippen LogP contribution is -2.52. The number of carbonyl (C=O) groups is 3. The number of alkyl halides is 2. The van der Waals surface area contributed by atoms with Gasteiger partial charge in [-0.2, -0.15) is 9.29 Å². The maximum absolute atomic E-state index is 13.9. The lowest BCUT2D eigenvalue weighted by Gasteiger charge is -2.36. The van der Waals surface area contributed by atoms with Crippen molar-refractivity contribution in [1.29, 1.82) is 0 Å². The number of aromatic nitrogens is 3. The van der Waals surface area contributed by atoms with Crippen LogP contribution in [-0.4, -0.2) is 106 Å². The van der Waals surface area contributed by atoms with Gasteiger partial charge in [-0.15, -0.1) is 0 Å². The lowest BCUT2D eigenvalue weighted by atomic mass is 10.0. The Hall–Kier alpha value is -5.33. The molecule has 3 saturated heterocycles. The fourth-order valence-electron chi connectivity index (χ4n) is 9.42. The molecule has 9 rings (SSSR count). The highest BCUT2D eigenvalue weighted by Crippen LogP contribution is 2.33. The molecule has 4 fully saturated rings. The van der Waals surface area contributed by atoms with Crippen molar-refractivity contribution < 1.29 is 31.6 Å². The number of imide groups is 1. The van der Waals surface area contributed by atoms with Crippen molar-refractivity contribution in [3.8, 4) is 0 Å². The highest BCUT2D eigenvalue weighted by molar-refractivity contribution is 7.89. The van der Waals surface area contributed by atoms with Gasteiger partial charge in [0.25, 0.3) is 17.9 Å². The molecule has 0 radical (unpaired) electrons. The maximum Gasteiger partial charge on any atom is 0.269 e. The van der Waals surface area contributed by atoms with Gasteiger partial charge in [0.15, 0.2) is 0 Å². The van der Waals surface area contributed by atoms with Crippen LogP contribution in [0.2, 0.25) is 0 Å². The molecule has 4 aromatic rings. The average Bonchev–Trinajstić information content (AvgIpc) is 3.89. The number of nitrogens with one attached hydrogen (secondary N) is 2. The highest BCUT2D eigenvalue weighted by Gasteiger charge is 2.39. The minimum atomic E-state index is -3.77. The van der Waals surface area contributed by atoms with E-state index in [9.17, 15) is 36.4 Å². The van der Waals surface area contributed by atoms with Crippen LogP contribution in [0.15, 0.2) is 64.4 Å². The number of rotatable bonds is 10.